The van der Waals surface area contributed by atoms with Crippen molar-refractivity contribution >= 4 is 11.6 Å². The smallest absolute Gasteiger partial charge is 0.134 e. The minimum atomic E-state index is -0.989. The highest BCUT2D eigenvalue weighted by molar-refractivity contribution is 6.30. The average molecular weight is 396 g/mol. The summed E-state index contributed by atoms with van der Waals surface area (Å²) in [4.78, 5) is 2.43. The molecule has 0 spiro atoms. The first-order valence-electron chi connectivity index (χ1n) is 10.2. The van der Waals surface area contributed by atoms with Crippen LogP contribution in [0.3, 0.4) is 0 Å². The number of β-amino-alcohol motifs (C(OH)–C–C–N with tert-alkyl or cyclic N) is 1. The molecule has 2 fully saturated rings. The maximum Gasteiger partial charge on any atom is 0.134 e. The van der Waals surface area contributed by atoms with E-state index in [0.29, 0.717) is 42.0 Å². The monoisotopic (exact) mass is 395 g/mol. The van der Waals surface area contributed by atoms with Gasteiger partial charge in [0.2, 0.25) is 0 Å². The predicted octanol–water partition coefficient (Wildman–Crippen LogP) is 4.39. The molecule has 4 nitrogen and oxygen atoms in total. The summed E-state index contributed by atoms with van der Waals surface area (Å²) in [7, 11) is 0. The number of benzene rings is 1. The fourth-order valence-corrected chi connectivity index (χ4v) is 4.53. The highest BCUT2D eigenvalue weighted by Gasteiger charge is 2.38. The number of rotatable bonds is 4. The second kappa shape index (κ2) is 8.69. The fraction of sp³-hybridized carbons (Fsp3) is 0.727. The molecule has 5 heteroatoms. The van der Waals surface area contributed by atoms with Crippen molar-refractivity contribution in [1.82, 2.24) is 4.90 Å². The third-order valence-electron chi connectivity index (χ3n) is 6.15. The number of hydrogen-bond donors (Lipinski definition) is 1. The molecule has 1 saturated carbocycles. The Kier molecular flexibility index (Phi) is 6.73. The molecule has 1 saturated heterocycles. The first kappa shape index (κ1) is 20.9. The molecular weight excluding hydrogens is 362 g/mol. The molecule has 1 N–H and O–H groups in total. The van der Waals surface area contributed by atoms with Crippen molar-refractivity contribution in [2.24, 2.45) is 11.3 Å². The average Bonchev–Trinajstić information content (AvgIpc) is 2.83. The third-order valence-corrected chi connectivity index (χ3v) is 6.40. The Morgan fingerprint density at radius 2 is 1.85 bits per heavy atom. The van der Waals surface area contributed by atoms with Gasteiger partial charge in [-0.3, -0.25) is 4.90 Å². The minimum absolute atomic E-state index is 0.225. The van der Waals surface area contributed by atoms with Crippen LogP contribution in [0.4, 0.5) is 0 Å². The van der Waals surface area contributed by atoms with E-state index < -0.39 is 5.60 Å². The zero-order chi connectivity index (χ0) is 19.5. The van der Waals surface area contributed by atoms with Gasteiger partial charge in [0, 0.05) is 24.2 Å². The van der Waals surface area contributed by atoms with E-state index in [1.165, 1.54) is 25.7 Å². The number of aliphatic hydroxyl groups is 1. The van der Waals surface area contributed by atoms with Gasteiger partial charge in [0.15, 0.2) is 0 Å². The summed E-state index contributed by atoms with van der Waals surface area (Å²) < 4.78 is 11.6. The summed E-state index contributed by atoms with van der Waals surface area (Å²) in [6.07, 6.45) is 4.95. The van der Waals surface area contributed by atoms with Crippen LogP contribution in [-0.4, -0.2) is 54.6 Å². The summed E-state index contributed by atoms with van der Waals surface area (Å²) in [6.45, 7) is 9.75. The Morgan fingerprint density at radius 1 is 1.19 bits per heavy atom. The lowest BCUT2D eigenvalue weighted by Crippen LogP contribution is -2.52. The maximum absolute atomic E-state index is 11.1. The summed E-state index contributed by atoms with van der Waals surface area (Å²) in [5, 5.41) is 11.8. The molecule has 1 atom stereocenters. The Bertz CT molecular complexity index is 593. The van der Waals surface area contributed by atoms with Gasteiger partial charge >= 0.3 is 0 Å². The van der Waals surface area contributed by atoms with Gasteiger partial charge in [0.1, 0.15) is 18.0 Å². The second-order valence-corrected chi connectivity index (χ2v) is 9.80. The largest absolute Gasteiger partial charge is 0.490 e. The van der Waals surface area contributed by atoms with E-state index in [9.17, 15) is 5.11 Å². The van der Waals surface area contributed by atoms with Crippen LogP contribution in [-0.2, 0) is 4.74 Å². The van der Waals surface area contributed by atoms with Gasteiger partial charge in [-0.2, -0.15) is 0 Å². The lowest BCUT2D eigenvalue weighted by Gasteiger charge is -2.42. The molecule has 3 rings (SSSR count). The van der Waals surface area contributed by atoms with Gasteiger partial charge < -0.3 is 14.6 Å². The van der Waals surface area contributed by atoms with Crippen LogP contribution < -0.4 is 4.74 Å². The summed E-state index contributed by atoms with van der Waals surface area (Å²) >= 11 is 5.92. The molecule has 1 aliphatic carbocycles. The van der Waals surface area contributed by atoms with E-state index in [1.807, 2.05) is 12.1 Å². The van der Waals surface area contributed by atoms with Gasteiger partial charge in [0.25, 0.3) is 0 Å². The molecule has 1 heterocycles. The van der Waals surface area contributed by atoms with Crippen molar-refractivity contribution in [3.63, 3.8) is 0 Å². The molecular formula is C22H34ClNO3. The molecule has 152 valence electrons. The van der Waals surface area contributed by atoms with E-state index in [2.05, 4.69) is 25.7 Å². The lowest BCUT2D eigenvalue weighted by molar-refractivity contribution is -0.0691. The molecule has 1 unspecified atom stereocenters. The first-order chi connectivity index (χ1) is 12.8. The summed E-state index contributed by atoms with van der Waals surface area (Å²) in [5.74, 6) is 1.51. The Morgan fingerprint density at radius 3 is 2.48 bits per heavy atom. The van der Waals surface area contributed by atoms with Gasteiger partial charge in [-0.05, 0) is 61.3 Å². The van der Waals surface area contributed by atoms with Crippen molar-refractivity contribution in [3.8, 4) is 5.75 Å². The Labute approximate surface area is 168 Å². The summed E-state index contributed by atoms with van der Waals surface area (Å²) in [5.41, 5.74) is -0.600. The van der Waals surface area contributed by atoms with Crippen molar-refractivity contribution in [2.75, 3.05) is 32.9 Å². The van der Waals surface area contributed by atoms with E-state index in [4.69, 9.17) is 21.1 Å². The van der Waals surface area contributed by atoms with Crippen LogP contribution in [0.1, 0.15) is 46.5 Å². The van der Waals surface area contributed by atoms with Crippen LogP contribution in [0.15, 0.2) is 24.3 Å². The molecule has 1 aliphatic heterocycles. The first-order valence-corrected chi connectivity index (χ1v) is 10.6. The van der Waals surface area contributed by atoms with Gasteiger partial charge in [0.05, 0.1) is 13.2 Å². The number of halogens is 1. The Balaban J connectivity index is 1.57. The molecule has 27 heavy (non-hydrogen) atoms. The van der Waals surface area contributed by atoms with Crippen LogP contribution >= 0.6 is 11.6 Å². The molecule has 0 aromatic heterocycles. The zero-order valence-electron chi connectivity index (χ0n) is 16.9. The van der Waals surface area contributed by atoms with Crippen molar-refractivity contribution < 1.29 is 14.6 Å². The summed E-state index contributed by atoms with van der Waals surface area (Å²) in [6, 6.07) is 7.78. The van der Waals surface area contributed by atoms with E-state index in [0.717, 1.165) is 12.5 Å². The molecule has 2 aliphatic rings. The van der Waals surface area contributed by atoms with Crippen LogP contribution in [0.25, 0.3) is 0 Å². The SMILES string of the molecule is CC(C)(C)C1CCC(N2CCOCC(O)(COc3ccc(Cl)cc3)C2)CC1. The van der Waals surface area contributed by atoms with Gasteiger partial charge in [-0.15, -0.1) is 0 Å². The van der Waals surface area contributed by atoms with Gasteiger partial charge in [-0.25, -0.2) is 0 Å². The number of nitrogens with zero attached hydrogens (tertiary/aromatic N) is 1. The fourth-order valence-electron chi connectivity index (χ4n) is 4.40. The standard InChI is InChI=1S/C22H34ClNO3/c1-21(2,3)17-4-8-19(9-5-17)24-12-13-26-15-22(25,14-24)16-27-20-10-6-18(23)7-11-20/h6-7,10-11,17,19,25H,4-5,8-9,12-16H2,1-3H3. The highest BCUT2D eigenvalue weighted by atomic mass is 35.5. The zero-order valence-corrected chi connectivity index (χ0v) is 17.7. The predicted molar refractivity (Wildman–Crippen MR) is 109 cm³/mol. The molecule has 0 bridgehead atoms. The molecule has 0 radical (unpaired) electrons. The van der Waals surface area contributed by atoms with Crippen LogP contribution in [0.5, 0.6) is 5.75 Å². The molecule has 1 aromatic rings. The van der Waals surface area contributed by atoms with Crippen molar-refractivity contribution in [1.29, 1.82) is 0 Å². The lowest BCUT2D eigenvalue weighted by atomic mass is 9.71. The van der Waals surface area contributed by atoms with Crippen LogP contribution in [0.2, 0.25) is 5.02 Å². The van der Waals surface area contributed by atoms with Crippen LogP contribution in [0, 0.1) is 11.3 Å². The van der Waals surface area contributed by atoms with E-state index >= 15 is 0 Å². The molecule has 1 aromatic carbocycles. The van der Waals surface area contributed by atoms with Crippen molar-refractivity contribution in [2.45, 2.75) is 58.1 Å². The van der Waals surface area contributed by atoms with Crippen molar-refractivity contribution in [3.05, 3.63) is 29.3 Å². The second-order valence-electron chi connectivity index (χ2n) is 9.36. The molecule has 0 amide bonds. The quantitative estimate of drug-likeness (QED) is 0.821. The van der Waals surface area contributed by atoms with E-state index in [1.54, 1.807) is 12.1 Å². The van der Waals surface area contributed by atoms with E-state index in [-0.39, 0.29) is 6.61 Å². The van der Waals surface area contributed by atoms with Gasteiger partial charge in [-0.1, -0.05) is 32.4 Å². The minimum Gasteiger partial charge on any atom is -0.490 e. The highest BCUT2D eigenvalue weighted by Crippen LogP contribution is 2.39. The number of ether oxygens (including phenoxy) is 2. The third kappa shape index (κ3) is 5.83. The normalized spacial score (nSPS) is 30.7. The topological polar surface area (TPSA) is 41.9 Å². The number of hydrogen-bond acceptors (Lipinski definition) is 4. The maximum atomic E-state index is 11.1. The Hall–Kier alpha value is -0.810.